The number of nitrogens with one attached hydrogen (secondary N) is 2. The standard InChI is InChI=1S/C20H25N5O2S/c26-18(25-9-6-17(13-25)24-10-7-21-8-11-24)12-16-14-28-20(22-16)23-19(27)15-4-2-1-3-5-15/h1-5,14,17,21H,6-13H2,(H,22,23,27). The van der Waals surface area contributed by atoms with E-state index >= 15 is 0 Å². The van der Waals surface area contributed by atoms with Gasteiger partial charge in [-0.1, -0.05) is 18.2 Å². The van der Waals surface area contributed by atoms with Gasteiger partial charge in [-0.15, -0.1) is 11.3 Å². The first-order valence-corrected chi connectivity index (χ1v) is 10.6. The average Bonchev–Trinajstić information content (AvgIpc) is 3.39. The molecule has 0 aliphatic carbocycles. The van der Waals surface area contributed by atoms with Crippen molar-refractivity contribution < 1.29 is 9.59 Å². The summed E-state index contributed by atoms with van der Waals surface area (Å²) in [4.78, 5) is 33.7. The minimum Gasteiger partial charge on any atom is -0.341 e. The van der Waals surface area contributed by atoms with E-state index in [1.807, 2.05) is 28.5 Å². The number of hydrogen-bond donors (Lipinski definition) is 2. The fourth-order valence-electron chi connectivity index (χ4n) is 3.78. The molecule has 1 aromatic carbocycles. The van der Waals surface area contributed by atoms with Crippen LogP contribution >= 0.6 is 11.3 Å². The lowest BCUT2D eigenvalue weighted by Crippen LogP contribution is -2.49. The highest BCUT2D eigenvalue weighted by Crippen LogP contribution is 2.20. The van der Waals surface area contributed by atoms with Gasteiger partial charge in [-0.25, -0.2) is 4.98 Å². The Kier molecular flexibility index (Phi) is 5.99. The first-order chi connectivity index (χ1) is 13.7. The van der Waals surface area contributed by atoms with Crippen molar-refractivity contribution in [3.05, 3.63) is 47.0 Å². The van der Waals surface area contributed by atoms with Crippen molar-refractivity contribution in [3.8, 4) is 0 Å². The maximum Gasteiger partial charge on any atom is 0.257 e. The molecule has 2 N–H and O–H groups in total. The van der Waals surface area contributed by atoms with Crippen LogP contribution in [0.15, 0.2) is 35.7 Å². The summed E-state index contributed by atoms with van der Waals surface area (Å²) in [5.74, 6) is -0.0740. The van der Waals surface area contributed by atoms with Crippen molar-refractivity contribution in [2.24, 2.45) is 0 Å². The highest BCUT2D eigenvalue weighted by atomic mass is 32.1. The molecule has 3 heterocycles. The molecular formula is C20H25N5O2S. The Morgan fingerprint density at radius 1 is 1.18 bits per heavy atom. The van der Waals surface area contributed by atoms with E-state index < -0.39 is 0 Å². The third-order valence-electron chi connectivity index (χ3n) is 5.32. The minimum absolute atomic E-state index is 0.115. The van der Waals surface area contributed by atoms with Gasteiger partial charge in [0, 0.05) is 56.3 Å². The topological polar surface area (TPSA) is 77.6 Å². The van der Waals surface area contributed by atoms with E-state index in [9.17, 15) is 9.59 Å². The van der Waals surface area contributed by atoms with Gasteiger partial charge < -0.3 is 10.2 Å². The van der Waals surface area contributed by atoms with Gasteiger partial charge in [-0.3, -0.25) is 19.8 Å². The van der Waals surface area contributed by atoms with E-state index in [1.54, 1.807) is 12.1 Å². The van der Waals surface area contributed by atoms with Gasteiger partial charge >= 0.3 is 0 Å². The molecule has 2 aliphatic rings. The summed E-state index contributed by atoms with van der Waals surface area (Å²) in [6.45, 7) is 5.80. The lowest BCUT2D eigenvalue weighted by molar-refractivity contribution is -0.129. The molecule has 0 bridgehead atoms. The first-order valence-electron chi connectivity index (χ1n) is 9.72. The van der Waals surface area contributed by atoms with E-state index in [0.29, 0.717) is 22.4 Å². The van der Waals surface area contributed by atoms with Crippen LogP contribution in [-0.4, -0.2) is 71.9 Å². The molecule has 7 nitrogen and oxygen atoms in total. The Bertz CT molecular complexity index is 819. The van der Waals surface area contributed by atoms with E-state index in [-0.39, 0.29) is 18.2 Å². The van der Waals surface area contributed by atoms with E-state index in [2.05, 4.69) is 20.5 Å². The van der Waals surface area contributed by atoms with Crippen LogP contribution in [0, 0.1) is 0 Å². The van der Waals surface area contributed by atoms with Crippen LogP contribution in [0.3, 0.4) is 0 Å². The number of likely N-dealkylation sites (tertiary alicyclic amines) is 1. The molecule has 2 amide bonds. The van der Waals surface area contributed by atoms with Crippen molar-refractivity contribution >= 4 is 28.3 Å². The molecule has 1 atom stereocenters. The van der Waals surface area contributed by atoms with E-state index in [1.165, 1.54) is 11.3 Å². The van der Waals surface area contributed by atoms with E-state index in [4.69, 9.17) is 0 Å². The summed E-state index contributed by atoms with van der Waals surface area (Å²) in [5, 5.41) is 8.55. The van der Waals surface area contributed by atoms with Crippen molar-refractivity contribution in [2.45, 2.75) is 18.9 Å². The Hall–Kier alpha value is -2.29. The van der Waals surface area contributed by atoms with Gasteiger partial charge in [0.1, 0.15) is 0 Å². The van der Waals surface area contributed by atoms with Gasteiger partial charge in [0.05, 0.1) is 12.1 Å². The van der Waals surface area contributed by atoms with Crippen LogP contribution < -0.4 is 10.6 Å². The summed E-state index contributed by atoms with van der Waals surface area (Å²) in [6, 6.07) is 9.51. The summed E-state index contributed by atoms with van der Waals surface area (Å²) in [5.41, 5.74) is 1.30. The Labute approximate surface area is 168 Å². The number of carbonyl (C=O) groups excluding carboxylic acids is 2. The van der Waals surface area contributed by atoms with Crippen LogP contribution in [0.4, 0.5) is 5.13 Å². The van der Waals surface area contributed by atoms with Gasteiger partial charge in [0.25, 0.3) is 5.91 Å². The molecule has 1 unspecified atom stereocenters. The number of nitrogens with zero attached hydrogens (tertiary/aromatic N) is 3. The third kappa shape index (κ3) is 4.57. The van der Waals surface area contributed by atoms with E-state index in [0.717, 1.165) is 45.7 Å². The molecule has 8 heteroatoms. The van der Waals surface area contributed by atoms with Gasteiger partial charge in [0.2, 0.25) is 5.91 Å². The normalized spacial score (nSPS) is 20.3. The average molecular weight is 400 g/mol. The molecular weight excluding hydrogens is 374 g/mol. The summed E-state index contributed by atoms with van der Waals surface area (Å²) in [7, 11) is 0. The monoisotopic (exact) mass is 399 g/mol. The Balaban J connectivity index is 1.29. The molecule has 4 rings (SSSR count). The van der Waals surface area contributed by atoms with Crippen molar-refractivity contribution in [2.75, 3.05) is 44.6 Å². The SMILES string of the molecule is O=C(Nc1nc(CC(=O)N2CCC(N3CCNCC3)C2)cs1)c1ccccc1. The third-order valence-corrected chi connectivity index (χ3v) is 6.13. The lowest BCUT2D eigenvalue weighted by Gasteiger charge is -2.32. The van der Waals surface area contributed by atoms with Crippen LogP contribution in [0.2, 0.25) is 0 Å². The zero-order valence-electron chi connectivity index (χ0n) is 15.8. The number of anilines is 1. The molecule has 0 saturated carbocycles. The van der Waals surface area contributed by atoms with Crippen LogP contribution in [0.25, 0.3) is 0 Å². The number of thiazole rings is 1. The van der Waals surface area contributed by atoms with Crippen LogP contribution in [0.1, 0.15) is 22.5 Å². The largest absolute Gasteiger partial charge is 0.341 e. The predicted octanol–water partition coefficient (Wildman–Crippen LogP) is 1.44. The van der Waals surface area contributed by atoms with Crippen LogP contribution in [-0.2, 0) is 11.2 Å². The van der Waals surface area contributed by atoms with Crippen molar-refractivity contribution in [3.63, 3.8) is 0 Å². The van der Waals surface area contributed by atoms with Crippen molar-refractivity contribution in [1.82, 2.24) is 20.1 Å². The second-order valence-electron chi connectivity index (χ2n) is 7.21. The Morgan fingerprint density at radius 2 is 1.96 bits per heavy atom. The number of amides is 2. The lowest BCUT2D eigenvalue weighted by atomic mass is 10.2. The fourth-order valence-corrected chi connectivity index (χ4v) is 4.49. The predicted molar refractivity (Wildman–Crippen MR) is 110 cm³/mol. The van der Waals surface area contributed by atoms with Gasteiger partial charge in [-0.05, 0) is 18.6 Å². The summed E-state index contributed by atoms with van der Waals surface area (Å²) in [6.07, 6.45) is 1.33. The first kappa shape index (κ1) is 19.0. The molecule has 2 aromatic rings. The quantitative estimate of drug-likeness (QED) is 0.796. The molecule has 148 valence electrons. The maximum atomic E-state index is 12.7. The molecule has 1 aromatic heterocycles. The fraction of sp³-hybridized carbons (Fsp3) is 0.450. The molecule has 2 saturated heterocycles. The molecule has 0 spiro atoms. The van der Waals surface area contributed by atoms with Gasteiger partial charge in [0.15, 0.2) is 5.13 Å². The molecule has 28 heavy (non-hydrogen) atoms. The second-order valence-corrected chi connectivity index (χ2v) is 8.07. The number of rotatable bonds is 5. The maximum absolute atomic E-state index is 12.7. The number of hydrogen-bond acceptors (Lipinski definition) is 6. The highest BCUT2D eigenvalue weighted by Gasteiger charge is 2.31. The molecule has 2 fully saturated rings. The van der Waals surface area contributed by atoms with Crippen molar-refractivity contribution in [1.29, 1.82) is 0 Å². The number of benzene rings is 1. The van der Waals surface area contributed by atoms with Gasteiger partial charge in [-0.2, -0.15) is 0 Å². The van der Waals surface area contributed by atoms with Crippen LogP contribution in [0.5, 0.6) is 0 Å². The zero-order chi connectivity index (χ0) is 19.3. The summed E-state index contributed by atoms with van der Waals surface area (Å²) >= 11 is 1.35. The number of aromatic nitrogens is 1. The summed E-state index contributed by atoms with van der Waals surface area (Å²) < 4.78 is 0. The molecule has 0 radical (unpaired) electrons. The highest BCUT2D eigenvalue weighted by molar-refractivity contribution is 7.14. The zero-order valence-corrected chi connectivity index (χ0v) is 16.6. The Morgan fingerprint density at radius 3 is 2.75 bits per heavy atom. The second kappa shape index (κ2) is 8.81. The number of piperazine rings is 1. The minimum atomic E-state index is -0.189. The molecule has 2 aliphatic heterocycles. The smallest absolute Gasteiger partial charge is 0.257 e. The number of carbonyl (C=O) groups is 2.